The third kappa shape index (κ3) is 3.20. The third-order valence-electron chi connectivity index (χ3n) is 1.91. The summed E-state index contributed by atoms with van der Waals surface area (Å²) in [5, 5.41) is 0. The van der Waals surface area contributed by atoms with E-state index in [4.69, 9.17) is 9.47 Å². The fourth-order valence-corrected chi connectivity index (χ4v) is 1.44. The summed E-state index contributed by atoms with van der Waals surface area (Å²) in [6.45, 7) is 3.43. The van der Waals surface area contributed by atoms with Crippen molar-refractivity contribution in [2.24, 2.45) is 0 Å². The topological polar surface area (TPSA) is 48.4 Å². The van der Waals surface area contributed by atoms with Crippen molar-refractivity contribution >= 4 is 21.9 Å². The van der Waals surface area contributed by atoms with Gasteiger partial charge in [-0.1, -0.05) is 15.9 Å². The molecule has 0 aliphatic heterocycles. The molecule has 0 saturated carbocycles. The molecule has 0 aliphatic carbocycles. The molecule has 5 heteroatoms. The molecule has 0 N–H and O–H groups in total. The number of aromatic nitrogens is 1. The summed E-state index contributed by atoms with van der Waals surface area (Å²) in [5.74, 6) is 0.171. The fraction of sp³-hybridized carbons (Fsp3) is 0.400. The molecule has 0 aromatic carbocycles. The van der Waals surface area contributed by atoms with Gasteiger partial charge in [-0.05, 0) is 12.5 Å². The van der Waals surface area contributed by atoms with Crippen molar-refractivity contribution in [3.05, 3.63) is 21.8 Å². The lowest BCUT2D eigenvalue weighted by molar-refractivity contribution is -0.142. The quantitative estimate of drug-likeness (QED) is 0.793. The predicted octanol–water partition coefficient (Wildman–Crippen LogP) is 2.22. The zero-order chi connectivity index (χ0) is 11.4. The number of carbonyl (C=O) groups excluding carboxylic acids is 1. The number of esters is 1. The highest BCUT2D eigenvalue weighted by molar-refractivity contribution is 9.10. The van der Waals surface area contributed by atoms with Crippen molar-refractivity contribution in [1.29, 1.82) is 0 Å². The highest BCUT2D eigenvalue weighted by Crippen LogP contribution is 2.23. The number of rotatable bonds is 3. The zero-order valence-electron chi connectivity index (χ0n) is 8.83. The summed E-state index contributed by atoms with van der Waals surface area (Å²) >= 11 is 3.38. The number of pyridine rings is 1. The Morgan fingerprint density at radius 1 is 1.60 bits per heavy atom. The van der Waals surface area contributed by atoms with E-state index in [2.05, 4.69) is 20.9 Å². The molecule has 0 spiro atoms. The first-order valence-electron chi connectivity index (χ1n) is 4.38. The van der Waals surface area contributed by atoms with E-state index in [1.54, 1.807) is 13.2 Å². The summed E-state index contributed by atoms with van der Waals surface area (Å²) in [6, 6.07) is 1.77. The van der Waals surface area contributed by atoms with Crippen LogP contribution in [0.25, 0.3) is 0 Å². The van der Waals surface area contributed by atoms with Crippen molar-refractivity contribution < 1.29 is 14.3 Å². The number of ether oxygens (including phenoxy) is 2. The molecule has 0 bridgehead atoms. The Bertz CT molecular complexity index is 379. The minimum Gasteiger partial charge on any atom is -0.481 e. The van der Waals surface area contributed by atoms with Gasteiger partial charge in [0.25, 0.3) is 0 Å². The molecule has 15 heavy (non-hydrogen) atoms. The smallest absolute Gasteiger partial charge is 0.303 e. The predicted molar refractivity (Wildman–Crippen MR) is 58.7 cm³/mol. The Hall–Kier alpha value is -1.10. The highest BCUT2D eigenvalue weighted by atomic mass is 79.9. The SMILES string of the molecule is COc1cc(Br)c(C)c(COC(C)=O)n1. The summed E-state index contributed by atoms with van der Waals surface area (Å²) < 4.78 is 10.8. The molecule has 0 fully saturated rings. The number of nitrogens with zero attached hydrogens (tertiary/aromatic N) is 1. The Kier molecular flexibility index (Phi) is 4.08. The van der Waals surface area contributed by atoms with E-state index in [1.165, 1.54) is 6.92 Å². The highest BCUT2D eigenvalue weighted by Gasteiger charge is 2.08. The minimum atomic E-state index is -0.324. The zero-order valence-corrected chi connectivity index (χ0v) is 10.4. The molecule has 1 heterocycles. The molecular weight excluding hydrogens is 262 g/mol. The molecule has 0 atom stereocenters. The first-order valence-corrected chi connectivity index (χ1v) is 5.17. The summed E-state index contributed by atoms with van der Waals surface area (Å²) in [4.78, 5) is 14.9. The van der Waals surface area contributed by atoms with Crippen LogP contribution in [0.4, 0.5) is 0 Å². The van der Waals surface area contributed by atoms with E-state index < -0.39 is 0 Å². The molecule has 82 valence electrons. The molecule has 1 aromatic rings. The van der Waals surface area contributed by atoms with Gasteiger partial charge < -0.3 is 9.47 Å². The van der Waals surface area contributed by atoms with E-state index in [-0.39, 0.29) is 12.6 Å². The van der Waals surface area contributed by atoms with Crippen molar-refractivity contribution in [2.75, 3.05) is 7.11 Å². The van der Waals surface area contributed by atoms with Gasteiger partial charge in [-0.15, -0.1) is 0 Å². The first kappa shape index (κ1) is 12.0. The summed E-state index contributed by atoms with van der Waals surface area (Å²) in [6.07, 6.45) is 0. The molecule has 0 saturated heterocycles. The lowest BCUT2D eigenvalue weighted by atomic mass is 10.2. The van der Waals surface area contributed by atoms with Crippen LogP contribution in [0.3, 0.4) is 0 Å². The van der Waals surface area contributed by atoms with E-state index in [0.29, 0.717) is 11.6 Å². The Labute approximate surface area is 96.7 Å². The average molecular weight is 274 g/mol. The van der Waals surface area contributed by atoms with Gasteiger partial charge in [-0.3, -0.25) is 4.79 Å². The normalized spacial score (nSPS) is 9.87. The van der Waals surface area contributed by atoms with E-state index >= 15 is 0 Å². The van der Waals surface area contributed by atoms with Crippen LogP contribution in [-0.2, 0) is 16.1 Å². The van der Waals surface area contributed by atoms with Gasteiger partial charge in [-0.25, -0.2) is 4.98 Å². The van der Waals surface area contributed by atoms with Gasteiger partial charge in [0.2, 0.25) is 5.88 Å². The number of halogens is 1. The fourth-order valence-electron chi connectivity index (χ4n) is 1.02. The molecule has 0 amide bonds. The third-order valence-corrected chi connectivity index (χ3v) is 2.73. The first-order chi connectivity index (χ1) is 7.04. The van der Waals surface area contributed by atoms with Crippen LogP contribution >= 0.6 is 15.9 Å². The van der Waals surface area contributed by atoms with Crippen LogP contribution in [-0.4, -0.2) is 18.1 Å². The minimum absolute atomic E-state index is 0.164. The van der Waals surface area contributed by atoms with E-state index in [1.807, 2.05) is 6.92 Å². The molecular formula is C10H12BrNO3. The maximum atomic E-state index is 10.7. The molecule has 1 rings (SSSR count). The van der Waals surface area contributed by atoms with Crippen LogP contribution in [0.1, 0.15) is 18.2 Å². The van der Waals surface area contributed by atoms with Crippen LogP contribution in [0.2, 0.25) is 0 Å². The standard InChI is InChI=1S/C10H12BrNO3/c1-6-8(11)4-10(14-3)12-9(6)5-15-7(2)13/h4H,5H2,1-3H3. The molecule has 0 radical (unpaired) electrons. The van der Waals surface area contributed by atoms with E-state index in [9.17, 15) is 4.79 Å². The number of hydrogen-bond donors (Lipinski definition) is 0. The van der Waals surface area contributed by atoms with Gasteiger partial charge in [0.1, 0.15) is 6.61 Å². The lowest BCUT2D eigenvalue weighted by Crippen LogP contribution is -2.04. The van der Waals surface area contributed by atoms with Gasteiger partial charge in [0, 0.05) is 17.5 Å². The largest absolute Gasteiger partial charge is 0.481 e. The van der Waals surface area contributed by atoms with E-state index in [0.717, 1.165) is 10.0 Å². The average Bonchev–Trinajstić information content (AvgIpc) is 2.19. The maximum Gasteiger partial charge on any atom is 0.303 e. The summed E-state index contributed by atoms with van der Waals surface area (Å²) in [7, 11) is 1.54. The monoisotopic (exact) mass is 273 g/mol. The van der Waals surface area contributed by atoms with Crippen LogP contribution < -0.4 is 4.74 Å². The summed E-state index contributed by atoms with van der Waals surface area (Å²) in [5.41, 5.74) is 1.63. The van der Waals surface area contributed by atoms with Crippen LogP contribution in [0, 0.1) is 6.92 Å². The Morgan fingerprint density at radius 2 is 2.27 bits per heavy atom. The maximum absolute atomic E-state index is 10.7. The van der Waals surface area contributed by atoms with Crippen molar-refractivity contribution in [3.8, 4) is 5.88 Å². The molecule has 0 unspecified atom stereocenters. The molecule has 0 aliphatic rings. The molecule has 4 nitrogen and oxygen atoms in total. The molecule has 1 aromatic heterocycles. The lowest BCUT2D eigenvalue weighted by Gasteiger charge is -2.09. The van der Waals surface area contributed by atoms with Crippen molar-refractivity contribution in [1.82, 2.24) is 4.98 Å². The van der Waals surface area contributed by atoms with Gasteiger partial charge >= 0.3 is 5.97 Å². The van der Waals surface area contributed by atoms with Gasteiger partial charge in [0.05, 0.1) is 12.8 Å². The van der Waals surface area contributed by atoms with Crippen molar-refractivity contribution in [2.45, 2.75) is 20.5 Å². The second-order valence-electron chi connectivity index (χ2n) is 3.00. The van der Waals surface area contributed by atoms with Gasteiger partial charge in [0.15, 0.2) is 0 Å². The van der Waals surface area contributed by atoms with Crippen LogP contribution in [0.15, 0.2) is 10.5 Å². The number of hydrogen-bond acceptors (Lipinski definition) is 4. The second kappa shape index (κ2) is 5.11. The second-order valence-corrected chi connectivity index (χ2v) is 3.85. The van der Waals surface area contributed by atoms with Gasteiger partial charge in [-0.2, -0.15) is 0 Å². The number of methoxy groups -OCH3 is 1. The number of carbonyl (C=O) groups is 1. The van der Waals surface area contributed by atoms with Crippen molar-refractivity contribution in [3.63, 3.8) is 0 Å². The Balaban J connectivity index is 2.94. The Morgan fingerprint density at radius 3 is 2.80 bits per heavy atom. The van der Waals surface area contributed by atoms with Crippen LogP contribution in [0.5, 0.6) is 5.88 Å².